The summed E-state index contributed by atoms with van der Waals surface area (Å²) in [5.41, 5.74) is 5.42. The summed E-state index contributed by atoms with van der Waals surface area (Å²) < 4.78 is 33.3. The summed E-state index contributed by atoms with van der Waals surface area (Å²) >= 11 is 0. The lowest BCUT2D eigenvalue weighted by Gasteiger charge is -2.19. The molecular formula is C85H158NO8P. The molecule has 2 atom stereocenters. The van der Waals surface area contributed by atoms with Crippen LogP contribution in [0.3, 0.4) is 0 Å². The molecule has 9 nitrogen and oxygen atoms in total. The van der Waals surface area contributed by atoms with Crippen molar-refractivity contribution in [2.24, 2.45) is 5.73 Å². The molecule has 0 radical (unpaired) electrons. The Balaban J connectivity index is 3.75. The number of rotatable bonds is 79. The molecule has 10 heteroatoms. The topological polar surface area (TPSA) is 134 Å². The van der Waals surface area contributed by atoms with E-state index in [0.717, 1.165) is 70.6 Å². The third kappa shape index (κ3) is 80.3. The largest absolute Gasteiger partial charge is 0.472 e. The first-order valence-corrected chi connectivity index (χ1v) is 42.9. The van der Waals surface area contributed by atoms with Crippen LogP contribution in [0.25, 0.3) is 0 Å². The molecule has 556 valence electrons. The Labute approximate surface area is 590 Å². The number of phosphoric ester groups is 1. The number of carbonyl (C=O) groups excluding carboxylic acids is 2. The molecule has 0 heterocycles. The van der Waals surface area contributed by atoms with Crippen LogP contribution in [0.5, 0.6) is 0 Å². The van der Waals surface area contributed by atoms with Gasteiger partial charge >= 0.3 is 19.8 Å². The number of hydrogen-bond acceptors (Lipinski definition) is 8. The number of hydrogen-bond donors (Lipinski definition) is 2. The van der Waals surface area contributed by atoms with Crippen molar-refractivity contribution in [3.8, 4) is 0 Å². The van der Waals surface area contributed by atoms with Crippen molar-refractivity contribution >= 4 is 19.8 Å². The molecule has 0 fully saturated rings. The van der Waals surface area contributed by atoms with Crippen molar-refractivity contribution in [1.82, 2.24) is 0 Å². The minimum absolute atomic E-state index is 0.0551. The Morgan fingerprint density at radius 3 is 0.863 bits per heavy atom. The zero-order valence-corrected chi connectivity index (χ0v) is 63.8. The maximum atomic E-state index is 12.8. The van der Waals surface area contributed by atoms with Crippen LogP contribution in [-0.2, 0) is 32.7 Å². The number of nitrogens with two attached hydrogens (primary N) is 1. The first-order chi connectivity index (χ1) is 46.8. The van der Waals surface area contributed by atoms with Gasteiger partial charge in [0.2, 0.25) is 0 Å². The highest BCUT2D eigenvalue weighted by Crippen LogP contribution is 2.43. The Morgan fingerprint density at radius 1 is 0.326 bits per heavy atom. The Bertz CT molecular complexity index is 1790. The molecule has 0 rings (SSSR count). The number of phosphoric acid groups is 1. The van der Waals surface area contributed by atoms with E-state index in [9.17, 15) is 19.0 Å². The van der Waals surface area contributed by atoms with E-state index in [4.69, 9.17) is 24.3 Å². The molecule has 3 N–H and O–H groups in total. The first-order valence-electron chi connectivity index (χ1n) is 41.4. The van der Waals surface area contributed by atoms with Crippen molar-refractivity contribution in [2.45, 2.75) is 431 Å². The fraction of sp³-hybridized carbons (Fsp3) is 0.835. The summed E-state index contributed by atoms with van der Waals surface area (Å²) in [6.07, 6.45) is 108. The SMILES string of the molecule is CC/C=C\C/C=C\C/C=C\C/C=C\C/C=C\C/C=C\CCCCCCCCCCCCCCCCCCCCCCC(=O)OC(COC(=O)CCCCCCCCCCCCCCCCCCCCCCCCCCCCCCCCCCCCC)COP(=O)(O)OCCN. The van der Waals surface area contributed by atoms with Crippen molar-refractivity contribution in [3.63, 3.8) is 0 Å². The van der Waals surface area contributed by atoms with Crippen molar-refractivity contribution in [3.05, 3.63) is 72.9 Å². The van der Waals surface area contributed by atoms with Gasteiger partial charge in [-0.25, -0.2) is 4.57 Å². The lowest BCUT2D eigenvalue weighted by Crippen LogP contribution is -2.29. The summed E-state index contributed by atoms with van der Waals surface area (Å²) in [6, 6.07) is 0. The zero-order valence-electron chi connectivity index (χ0n) is 62.9. The highest BCUT2D eigenvalue weighted by atomic mass is 31.2. The number of ether oxygens (including phenoxy) is 2. The molecule has 0 spiro atoms. The van der Waals surface area contributed by atoms with Gasteiger partial charge in [0.15, 0.2) is 6.10 Å². The predicted molar refractivity (Wildman–Crippen MR) is 413 cm³/mol. The average Bonchev–Trinajstić information content (AvgIpc) is 3.16. The molecule has 0 aromatic heterocycles. The fourth-order valence-electron chi connectivity index (χ4n) is 12.5. The third-order valence-corrected chi connectivity index (χ3v) is 19.6. The quantitative estimate of drug-likeness (QED) is 0.0264. The second-order valence-electron chi connectivity index (χ2n) is 28.0. The highest BCUT2D eigenvalue weighted by Gasteiger charge is 2.26. The smallest absolute Gasteiger partial charge is 0.462 e. The molecule has 0 aromatic carbocycles. The van der Waals surface area contributed by atoms with Crippen molar-refractivity contribution < 1.29 is 37.6 Å². The molecule has 0 saturated carbocycles. The molecular weight excluding hydrogens is 1190 g/mol. The number of unbranched alkanes of at least 4 members (excludes halogenated alkanes) is 54. The summed E-state index contributed by atoms with van der Waals surface area (Å²) in [4.78, 5) is 35.5. The van der Waals surface area contributed by atoms with Crippen LogP contribution >= 0.6 is 7.82 Å². The highest BCUT2D eigenvalue weighted by molar-refractivity contribution is 7.47. The Hall–Kier alpha value is -2.55. The minimum atomic E-state index is -4.40. The third-order valence-electron chi connectivity index (χ3n) is 18.6. The van der Waals surface area contributed by atoms with Gasteiger partial charge < -0.3 is 20.1 Å². The summed E-state index contributed by atoms with van der Waals surface area (Å²) in [5, 5.41) is 0. The van der Waals surface area contributed by atoms with E-state index in [2.05, 4.69) is 86.8 Å². The molecule has 0 bridgehead atoms. The van der Waals surface area contributed by atoms with Crippen LogP contribution in [0, 0.1) is 0 Å². The van der Waals surface area contributed by atoms with E-state index >= 15 is 0 Å². The molecule has 0 saturated heterocycles. The van der Waals surface area contributed by atoms with E-state index in [1.165, 1.54) is 321 Å². The van der Waals surface area contributed by atoms with Gasteiger partial charge in [0.05, 0.1) is 13.2 Å². The second-order valence-corrected chi connectivity index (χ2v) is 29.4. The molecule has 0 aromatic rings. The molecule has 0 aliphatic rings. The van der Waals surface area contributed by atoms with E-state index in [1.807, 2.05) is 0 Å². The van der Waals surface area contributed by atoms with E-state index < -0.39 is 26.5 Å². The van der Waals surface area contributed by atoms with Gasteiger partial charge in [-0.1, -0.05) is 421 Å². The lowest BCUT2D eigenvalue weighted by molar-refractivity contribution is -0.161. The van der Waals surface area contributed by atoms with Crippen molar-refractivity contribution in [2.75, 3.05) is 26.4 Å². The predicted octanol–water partition coefficient (Wildman–Crippen LogP) is 27.9. The standard InChI is InChI=1S/C85H158NO8P/c1-3-5-7-9-11-13-15-17-19-21-23-25-27-29-31-33-35-37-39-40-41-42-44-46-48-50-52-54-56-58-60-62-64-66-68-70-72-74-76-78-85(88)94-83(82-93-95(89,90)92-80-79-86)81-91-84(87)77-75-73-71-69-67-65-63-61-59-57-55-53-51-49-47-45-43-38-36-34-32-30-28-26-24-22-20-18-16-14-12-10-8-6-4-2/h5,7,11,13,17,19,23,25,29,31,35,37,83H,3-4,6,8-10,12,14-16,18,20-22,24,26-28,30,32-34,36,38-82,86H2,1-2H3,(H,89,90)/b7-5-,13-11-,19-17-,25-23-,31-29-,37-35-. The number of carbonyl (C=O) groups is 2. The number of allylic oxidation sites excluding steroid dienone is 12. The van der Waals surface area contributed by atoms with E-state index in [0.29, 0.717) is 6.42 Å². The molecule has 0 aliphatic heterocycles. The maximum Gasteiger partial charge on any atom is 0.472 e. The zero-order chi connectivity index (χ0) is 68.6. The number of esters is 2. The summed E-state index contributed by atoms with van der Waals surface area (Å²) in [7, 11) is -4.40. The van der Waals surface area contributed by atoms with Crippen LogP contribution in [-0.4, -0.2) is 49.3 Å². The van der Waals surface area contributed by atoms with E-state index in [-0.39, 0.29) is 38.6 Å². The van der Waals surface area contributed by atoms with Gasteiger partial charge in [0, 0.05) is 19.4 Å². The summed E-state index contributed by atoms with van der Waals surface area (Å²) in [5.74, 6) is -0.803. The molecule has 2 unspecified atom stereocenters. The monoisotopic (exact) mass is 1350 g/mol. The average molecular weight is 1350 g/mol. The maximum absolute atomic E-state index is 12.8. The van der Waals surface area contributed by atoms with Gasteiger partial charge in [0.25, 0.3) is 0 Å². The van der Waals surface area contributed by atoms with Gasteiger partial charge in [-0.05, 0) is 64.2 Å². The minimum Gasteiger partial charge on any atom is -0.462 e. The summed E-state index contributed by atoms with van der Waals surface area (Å²) in [6.45, 7) is 3.71. The Morgan fingerprint density at radius 2 is 0.579 bits per heavy atom. The second kappa shape index (κ2) is 80.4. The van der Waals surface area contributed by atoms with E-state index in [1.54, 1.807) is 0 Å². The van der Waals surface area contributed by atoms with Gasteiger partial charge in [0.1, 0.15) is 6.61 Å². The molecule has 95 heavy (non-hydrogen) atoms. The van der Waals surface area contributed by atoms with Crippen LogP contribution in [0.1, 0.15) is 425 Å². The van der Waals surface area contributed by atoms with Crippen LogP contribution in [0.4, 0.5) is 0 Å². The van der Waals surface area contributed by atoms with Crippen LogP contribution in [0.2, 0.25) is 0 Å². The normalized spacial score (nSPS) is 13.2. The fourth-order valence-corrected chi connectivity index (χ4v) is 13.3. The van der Waals surface area contributed by atoms with Gasteiger partial charge in [-0.2, -0.15) is 0 Å². The molecule has 0 aliphatic carbocycles. The van der Waals surface area contributed by atoms with Crippen LogP contribution < -0.4 is 5.73 Å². The first kappa shape index (κ1) is 92.4. The van der Waals surface area contributed by atoms with Crippen molar-refractivity contribution in [1.29, 1.82) is 0 Å². The van der Waals surface area contributed by atoms with Gasteiger partial charge in [-0.3, -0.25) is 18.6 Å². The molecule has 0 amide bonds. The Kier molecular flexibility index (Phi) is 78.3. The lowest BCUT2D eigenvalue weighted by atomic mass is 10.0. The van der Waals surface area contributed by atoms with Crippen LogP contribution in [0.15, 0.2) is 72.9 Å². The van der Waals surface area contributed by atoms with Gasteiger partial charge in [-0.15, -0.1) is 0 Å².